The van der Waals surface area contributed by atoms with Crippen LogP contribution in [0.3, 0.4) is 0 Å². The van der Waals surface area contributed by atoms with Gasteiger partial charge in [0.2, 0.25) is 0 Å². The van der Waals surface area contributed by atoms with Gasteiger partial charge in [0.15, 0.2) is 17.6 Å². The summed E-state index contributed by atoms with van der Waals surface area (Å²) in [5.74, 6) is 1.12. The van der Waals surface area contributed by atoms with Crippen LogP contribution in [0.25, 0.3) is 6.08 Å². The number of ether oxygens (including phenoxy) is 3. The number of methoxy groups -OCH3 is 1. The van der Waals surface area contributed by atoms with E-state index < -0.39 is 12.1 Å². The Bertz CT molecular complexity index is 573. The van der Waals surface area contributed by atoms with Crippen molar-refractivity contribution in [3.05, 3.63) is 29.8 Å². The third-order valence-electron chi connectivity index (χ3n) is 2.65. The molecule has 0 bridgehead atoms. The van der Waals surface area contributed by atoms with Crippen LogP contribution in [0.2, 0.25) is 0 Å². The van der Waals surface area contributed by atoms with Crippen LogP contribution in [0.5, 0.6) is 11.5 Å². The molecule has 5 nitrogen and oxygen atoms in total. The number of carbonyl (C=O) groups is 1. The Balaban J connectivity index is 2.76. The molecule has 0 aromatic heterocycles. The molecule has 0 N–H and O–H groups in total. The summed E-state index contributed by atoms with van der Waals surface area (Å²) in [7, 11) is 1.56. The Morgan fingerprint density at radius 3 is 2.64 bits per heavy atom. The highest BCUT2D eigenvalue weighted by atomic mass is 16.5. The third-order valence-corrected chi connectivity index (χ3v) is 2.65. The highest BCUT2D eigenvalue weighted by Crippen LogP contribution is 2.28. The van der Waals surface area contributed by atoms with Crippen molar-refractivity contribution in [1.29, 1.82) is 5.26 Å². The van der Waals surface area contributed by atoms with Crippen molar-refractivity contribution >= 4 is 12.0 Å². The summed E-state index contributed by atoms with van der Waals surface area (Å²) in [4.78, 5) is 11.5. The fraction of sp³-hybridized carbons (Fsp3) is 0.412. The lowest BCUT2D eigenvalue weighted by atomic mass is 10.2. The van der Waals surface area contributed by atoms with Gasteiger partial charge >= 0.3 is 5.97 Å². The first-order valence-electron chi connectivity index (χ1n) is 7.05. The van der Waals surface area contributed by atoms with Crippen LogP contribution in [0, 0.1) is 17.2 Å². The van der Waals surface area contributed by atoms with Crippen LogP contribution in [0.15, 0.2) is 24.3 Å². The molecule has 1 aromatic carbocycles. The van der Waals surface area contributed by atoms with Crippen molar-refractivity contribution in [2.24, 2.45) is 5.92 Å². The highest BCUT2D eigenvalue weighted by molar-refractivity contribution is 5.87. The number of carbonyl (C=O) groups excluding carboxylic acids is 1. The molecule has 0 amide bonds. The van der Waals surface area contributed by atoms with Crippen molar-refractivity contribution in [3.8, 4) is 17.6 Å². The summed E-state index contributed by atoms with van der Waals surface area (Å²) >= 11 is 0. The molecule has 1 rings (SSSR count). The van der Waals surface area contributed by atoms with Crippen LogP contribution in [-0.2, 0) is 9.53 Å². The summed E-state index contributed by atoms with van der Waals surface area (Å²) in [6.45, 7) is 6.24. The maximum absolute atomic E-state index is 11.5. The zero-order valence-corrected chi connectivity index (χ0v) is 13.3. The molecular weight excluding hydrogens is 282 g/mol. The predicted molar refractivity (Wildman–Crippen MR) is 83.5 cm³/mol. The second kappa shape index (κ2) is 8.73. The first-order chi connectivity index (χ1) is 10.5. The van der Waals surface area contributed by atoms with Crippen molar-refractivity contribution in [1.82, 2.24) is 0 Å². The number of nitrogens with zero attached hydrogens (tertiary/aromatic N) is 1. The fourth-order valence-electron chi connectivity index (χ4n) is 1.57. The van der Waals surface area contributed by atoms with Crippen LogP contribution in [-0.4, -0.2) is 25.8 Å². The van der Waals surface area contributed by atoms with Crippen LogP contribution in [0.1, 0.15) is 26.3 Å². The summed E-state index contributed by atoms with van der Waals surface area (Å²) in [6, 6.07) is 7.21. The molecule has 0 heterocycles. The Morgan fingerprint density at radius 1 is 1.32 bits per heavy atom. The summed E-state index contributed by atoms with van der Waals surface area (Å²) < 4.78 is 15.8. The highest BCUT2D eigenvalue weighted by Gasteiger charge is 2.07. The minimum absolute atomic E-state index is 0.418. The normalized spacial score (nSPS) is 12.0. The van der Waals surface area contributed by atoms with Gasteiger partial charge in [0, 0.05) is 6.08 Å². The molecule has 0 saturated carbocycles. The number of rotatable bonds is 7. The van der Waals surface area contributed by atoms with Gasteiger partial charge in [0.1, 0.15) is 6.07 Å². The molecular formula is C17H21NO4. The smallest absolute Gasteiger partial charge is 0.332 e. The second-order valence-electron chi connectivity index (χ2n) is 5.16. The van der Waals surface area contributed by atoms with Gasteiger partial charge in [0.05, 0.1) is 13.7 Å². The molecule has 5 heteroatoms. The monoisotopic (exact) mass is 303 g/mol. The number of esters is 1. The van der Waals surface area contributed by atoms with Gasteiger partial charge in [-0.15, -0.1) is 0 Å². The lowest BCUT2D eigenvalue weighted by Gasteiger charge is -2.12. The topological polar surface area (TPSA) is 68.5 Å². The summed E-state index contributed by atoms with van der Waals surface area (Å²) in [5.41, 5.74) is 0.773. The van der Waals surface area contributed by atoms with Gasteiger partial charge in [-0.25, -0.2) is 4.79 Å². The molecule has 1 aromatic rings. The molecule has 0 aliphatic heterocycles. The molecule has 118 valence electrons. The molecule has 1 atom stereocenters. The average molecular weight is 303 g/mol. The first kappa shape index (κ1) is 17.6. The molecule has 0 radical (unpaired) electrons. The SMILES string of the molecule is COc1cc(/C=C/C(=O)O[C@H](C)C#N)ccc1OCC(C)C. The van der Waals surface area contributed by atoms with E-state index in [2.05, 4.69) is 13.8 Å². The van der Waals surface area contributed by atoms with Gasteiger partial charge in [-0.3, -0.25) is 0 Å². The standard InChI is InChI=1S/C17H21NO4/c1-12(2)11-21-15-7-5-14(9-16(15)20-4)6-8-17(19)22-13(3)10-18/h5-9,12-13H,11H2,1-4H3/b8-6+/t13-/m1/s1. The molecule has 0 spiro atoms. The molecule has 0 fully saturated rings. The van der Waals surface area contributed by atoms with Crippen molar-refractivity contribution in [3.63, 3.8) is 0 Å². The van der Waals surface area contributed by atoms with Crippen LogP contribution >= 0.6 is 0 Å². The number of nitriles is 1. The molecule has 0 aliphatic rings. The molecule has 0 saturated heterocycles. The molecule has 0 aliphatic carbocycles. The lowest BCUT2D eigenvalue weighted by molar-refractivity contribution is -0.139. The largest absolute Gasteiger partial charge is 0.493 e. The quantitative estimate of drug-likeness (QED) is 0.571. The number of hydrogen-bond acceptors (Lipinski definition) is 5. The molecule has 0 unspecified atom stereocenters. The van der Waals surface area contributed by atoms with E-state index in [4.69, 9.17) is 19.5 Å². The minimum Gasteiger partial charge on any atom is -0.493 e. The van der Waals surface area contributed by atoms with E-state index in [9.17, 15) is 4.79 Å². The van der Waals surface area contributed by atoms with Gasteiger partial charge in [-0.2, -0.15) is 5.26 Å². The Hall–Kier alpha value is -2.48. The molecule has 22 heavy (non-hydrogen) atoms. The van der Waals surface area contributed by atoms with E-state index in [0.29, 0.717) is 24.0 Å². The van der Waals surface area contributed by atoms with Crippen LogP contribution < -0.4 is 9.47 Å². The number of hydrogen-bond donors (Lipinski definition) is 0. The third kappa shape index (κ3) is 5.88. The predicted octanol–water partition coefficient (Wildman–Crippen LogP) is 3.20. The van der Waals surface area contributed by atoms with E-state index in [1.54, 1.807) is 25.3 Å². The average Bonchev–Trinajstić information content (AvgIpc) is 2.50. The zero-order valence-electron chi connectivity index (χ0n) is 13.3. The van der Waals surface area contributed by atoms with Crippen molar-refractivity contribution < 1.29 is 19.0 Å². The van der Waals surface area contributed by atoms with E-state index in [0.717, 1.165) is 5.56 Å². The van der Waals surface area contributed by atoms with Gasteiger partial charge in [-0.05, 0) is 36.6 Å². The second-order valence-corrected chi connectivity index (χ2v) is 5.16. The van der Waals surface area contributed by atoms with E-state index in [1.807, 2.05) is 12.1 Å². The van der Waals surface area contributed by atoms with Crippen molar-refractivity contribution in [2.45, 2.75) is 26.9 Å². The Labute approximate surface area is 131 Å². The van der Waals surface area contributed by atoms with Gasteiger partial charge in [-0.1, -0.05) is 19.9 Å². The lowest BCUT2D eigenvalue weighted by Crippen LogP contribution is -2.10. The van der Waals surface area contributed by atoms with Gasteiger partial charge < -0.3 is 14.2 Å². The first-order valence-corrected chi connectivity index (χ1v) is 7.05. The zero-order chi connectivity index (χ0) is 16.5. The van der Waals surface area contributed by atoms with Crippen molar-refractivity contribution in [2.75, 3.05) is 13.7 Å². The number of benzene rings is 1. The van der Waals surface area contributed by atoms with E-state index >= 15 is 0 Å². The summed E-state index contributed by atoms with van der Waals surface area (Å²) in [5, 5.41) is 8.58. The van der Waals surface area contributed by atoms with Gasteiger partial charge in [0.25, 0.3) is 0 Å². The Morgan fingerprint density at radius 2 is 2.05 bits per heavy atom. The van der Waals surface area contributed by atoms with Crippen LogP contribution in [0.4, 0.5) is 0 Å². The maximum atomic E-state index is 11.5. The summed E-state index contributed by atoms with van der Waals surface area (Å²) in [6.07, 6.45) is 2.11. The fourth-order valence-corrected chi connectivity index (χ4v) is 1.57. The van der Waals surface area contributed by atoms with E-state index in [1.165, 1.54) is 13.0 Å². The minimum atomic E-state index is -0.765. The Kier molecular flexibility index (Phi) is 6.97. The van der Waals surface area contributed by atoms with E-state index in [-0.39, 0.29) is 0 Å². The maximum Gasteiger partial charge on any atom is 0.332 e.